The summed E-state index contributed by atoms with van der Waals surface area (Å²) in [5.41, 5.74) is 2.66. The Morgan fingerprint density at radius 3 is 2.45 bits per heavy atom. The summed E-state index contributed by atoms with van der Waals surface area (Å²) in [6.45, 7) is 9.00. The summed E-state index contributed by atoms with van der Waals surface area (Å²) in [6.07, 6.45) is 5.60. The molecule has 154 valence electrons. The molecule has 0 amide bonds. The fourth-order valence-corrected chi connectivity index (χ4v) is 5.38. The number of anilines is 1. The number of piperidine rings is 1. The molecule has 8 heteroatoms. The van der Waals surface area contributed by atoms with Crippen LogP contribution in [0, 0.1) is 0 Å². The molecular formula is C21H28N6OS. The van der Waals surface area contributed by atoms with Crippen LogP contribution in [-0.4, -0.2) is 49.7 Å². The molecule has 1 aliphatic rings. The lowest BCUT2D eigenvalue weighted by Gasteiger charge is -2.48. The zero-order valence-electron chi connectivity index (χ0n) is 17.5. The molecule has 0 radical (unpaired) electrons. The lowest BCUT2D eigenvalue weighted by Crippen LogP contribution is -2.61. The van der Waals surface area contributed by atoms with Crippen LogP contribution in [0.15, 0.2) is 30.6 Å². The Labute approximate surface area is 175 Å². The van der Waals surface area contributed by atoms with Crippen molar-refractivity contribution in [3.8, 4) is 27.4 Å². The first-order valence-corrected chi connectivity index (χ1v) is 10.6. The molecule has 3 aromatic rings. The van der Waals surface area contributed by atoms with Gasteiger partial charge in [-0.1, -0.05) is 17.4 Å². The van der Waals surface area contributed by atoms with E-state index in [0.717, 1.165) is 34.1 Å². The third-order valence-electron chi connectivity index (χ3n) is 5.49. The zero-order chi connectivity index (χ0) is 20.8. The molecule has 0 unspecified atom stereocenters. The number of rotatable bonds is 4. The monoisotopic (exact) mass is 412 g/mol. The highest BCUT2D eigenvalue weighted by Crippen LogP contribution is 2.39. The Bertz CT molecular complexity index is 979. The van der Waals surface area contributed by atoms with Gasteiger partial charge < -0.3 is 15.3 Å². The van der Waals surface area contributed by atoms with Crippen molar-refractivity contribution in [1.82, 2.24) is 25.7 Å². The molecule has 3 heterocycles. The molecule has 1 aromatic carbocycles. The standard InChI is InChI=1S/C21H28N6OS/c1-20(2)9-15(10-21(3,4)26-20)27(5)19-25-24-18(29-19)16-7-6-13(8-17(16)28)14-11-22-23-12-14/h6-8,11-12,15,26,28H,9-10H2,1-5H3,(H,22,23). The van der Waals surface area contributed by atoms with Crippen molar-refractivity contribution in [2.75, 3.05) is 11.9 Å². The van der Waals surface area contributed by atoms with Gasteiger partial charge in [-0.2, -0.15) is 5.10 Å². The van der Waals surface area contributed by atoms with Crippen LogP contribution in [0.5, 0.6) is 5.75 Å². The van der Waals surface area contributed by atoms with Crippen LogP contribution in [-0.2, 0) is 0 Å². The van der Waals surface area contributed by atoms with Gasteiger partial charge in [0, 0.05) is 35.9 Å². The zero-order valence-corrected chi connectivity index (χ0v) is 18.3. The summed E-state index contributed by atoms with van der Waals surface area (Å²) in [5.74, 6) is 0.193. The first kappa shape index (κ1) is 19.8. The summed E-state index contributed by atoms with van der Waals surface area (Å²) < 4.78 is 0. The smallest absolute Gasteiger partial charge is 0.208 e. The predicted molar refractivity (Wildman–Crippen MR) is 117 cm³/mol. The highest BCUT2D eigenvalue weighted by Gasteiger charge is 2.39. The normalized spacial score (nSPS) is 18.7. The summed E-state index contributed by atoms with van der Waals surface area (Å²) in [6, 6.07) is 5.96. The van der Waals surface area contributed by atoms with Gasteiger partial charge in [0.15, 0.2) is 5.01 Å². The second kappa shape index (κ2) is 7.11. The average Bonchev–Trinajstić information content (AvgIpc) is 3.30. The molecule has 1 aliphatic heterocycles. The van der Waals surface area contributed by atoms with Crippen LogP contribution >= 0.6 is 11.3 Å². The van der Waals surface area contributed by atoms with E-state index in [1.807, 2.05) is 12.1 Å². The van der Waals surface area contributed by atoms with Gasteiger partial charge in [0.25, 0.3) is 0 Å². The number of hydrogen-bond donors (Lipinski definition) is 3. The van der Waals surface area contributed by atoms with Gasteiger partial charge in [-0.25, -0.2) is 0 Å². The van der Waals surface area contributed by atoms with Crippen LogP contribution in [0.25, 0.3) is 21.7 Å². The topological polar surface area (TPSA) is 90.0 Å². The second-order valence-electron chi connectivity index (χ2n) is 9.17. The van der Waals surface area contributed by atoms with Gasteiger partial charge in [0.2, 0.25) is 5.13 Å². The fourth-order valence-electron chi connectivity index (χ4n) is 4.47. The van der Waals surface area contributed by atoms with Crippen LogP contribution < -0.4 is 10.2 Å². The Kier molecular flexibility index (Phi) is 4.86. The van der Waals surface area contributed by atoms with E-state index in [9.17, 15) is 5.11 Å². The van der Waals surface area contributed by atoms with Crippen LogP contribution in [0.4, 0.5) is 5.13 Å². The molecule has 3 N–H and O–H groups in total. The maximum Gasteiger partial charge on any atom is 0.208 e. The first-order chi connectivity index (χ1) is 13.6. The van der Waals surface area contributed by atoms with Crippen LogP contribution in [0.3, 0.4) is 0 Å². The number of H-pyrrole nitrogens is 1. The maximum absolute atomic E-state index is 10.6. The van der Waals surface area contributed by atoms with Crippen molar-refractivity contribution in [2.45, 2.75) is 57.7 Å². The van der Waals surface area contributed by atoms with E-state index in [0.29, 0.717) is 11.6 Å². The maximum atomic E-state index is 10.6. The van der Waals surface area contributed by atoms with Crippen molar-refractivity contribution >= 4 is 16.5 Å². The number of phenolic OH excluding ortho intramolecular Hbond substituents is 1. The van der Waals surface area contributed by atoms with E-state index in [2.05, 4.69) is 65.4 Å². The van der Waals surface area contributed by atoms with Gasteiger partial charge in [-0.15, -0.1) is 10.2 Å². The number of aromatic nitrogens is 4. The van der Waals surface area contributed by atoms with E-state index < -0.39 is 0 Å². The van der Waals surface area contributed by atoms with Gasteiger partial charge in [0.1, 0.15) is 5.75 Å². The number of nitrogens with one attached hydrogen (secondary N) is 2. The van der Waals surface area contributed by atoms with Gasteiger partial charge in [0.05, 0.1) is 11.8 Å². The number of hydrogen-bond acceptors (Lipinski definition) is 7. The van der Waals surface area contributed by atoms with Crippen molar-refractivity contribution < 1.29 is 5.11 Å². The van der Waals surface area contributed by atoms with Crippen LogP contribution in [0.1, 0.15) is 40.5 Å². The van der Waals surface area contributed by atoms with Crippen molar-refractivity contribution in [1.29, 1.82) is 0 Å². The lowest BCUT2D eigenvalue weighted by molar-refractivity contribution is 0.161. The Morgan fingerprint density at radius 2 is 1.83 bits per heavy atom. The SMILES string of the molecule is CN(c1nnc(-c2ccc(-c3cn[nH]c3)cc2O)s1)C1CC(C)(C)NC(C)(C)C1. The number of aromatic amines is 1. The second-order valence-corrected chi connectivity index (χ2v) is 10.1. The average molecular weight is 413 g/mol. The highest BCUT2D eigenvalue weighted by molar-refractivity contribution is 7.18. The van der Waals surface area contributed by atoms with E-state index >= 15 is 0 Å². The Balaban J connectivity index is 1.57. The van der Waals surface area contributed by atoms with Crippen molar-refractivity contribution in [3.63, 3.8) is 0 Å². The summed E-state index contributed by atoms with van der Waals surface area (Å²) in [5, 5.41) is 31.4. The summed E-state index contributed by atoms with van der Waals surface area (Å²) in [4.78, 5) is 2.24. The molecule has 2 aromatic heterocycles. The Morgan fingerprint density at radius 1 is 1.10 bits per heavy atom. The van der Waals surface area contributed by atoms with Gasteiger partial charge >= 0.3 is 0 Å². The minimum atomic E-state index is 0.0649. The summed E-state index contributed by atoms with van der Waals surface area (Å²) >= 11 is 1.51. The largest absolute Gasteiger partial charge is 0.507 e. The molecule has 0 bridgehead atoms. The molecule has 0 atom stereocenters. The summed E-state index contributed by atoms with van der Waals surface area (Å²) in [7, 11) is 2.09. The minimum absolute atomic E-state index is 0.0649. The van der Waals surface area contributed by atoms with Crippen molar-refractivity contribution in [3.05, 3.63) is 30.6 Å². The molecule has 4 rings (SSSR count). The van der Waals surface area contributed by atoms with E-state index in [-0.39, 0.29) is 16.8 Å². The molecule has 0 saturated carbocycles. The van der Waals surface area contributed by atoms with Gasteiger partial charge in [-0.3, -0.25) is 5.10 Å². The number of benzene rings is 1. The number of aromatic hydroxyl groups is 1. The number of nitrogens with zero attached hydrogens (tertiary/aromatic N) is 4. The highest BCUT2D eigenvalue weighted by atomic mass is 32.1. The van der Waals surface area contributed by atoms with Gasteiger partial charge in [-0.05, 0) is 58.2 Å². The molecule has 0 spiro atoms. The van der Waals surface area contributed by atoms with Crippen molar-refractivity contribution in [2.24, 2.45) is 0 Å². The third kappa shape index (κ3) is 4.13. The fraction of sp³-hybridized carbons (Fsp3) is 0.476. The van der Waals surface area contributed by atoms with E-state index in [1.54, 1.807) is 18.5 Å². The van der Waals surface area contributed by atoms with E-state index in [1.165, 1.54) is 11.3 Å². The molecular weight excluding hydrogens is 384 g/mol. The third-order valence-corrected chi connectivity index (χ3v) is 6.54. The molecule has 1 fully saturated rings. The number of phenols is 1. The first-order valence-electron chi connectivity index (χ1n) is 9.82. The molecule has 1 saturated heterocycles. The van der Waals surface area contributed by atoms with E-state index in [4.69, 9.17) is 0 Å². The quantitative estimate of drug-likeness (QED) is 0.599. The predicted octanol–water partition coefficient (Wildman–Crippen LogP) is 4.05. The van der Waals surface area contributed by atoms with Crippen LogP contribution in [0.2, 0.25) is 0 Å². The molecule has 7 nitrogen and oxygen atoms in total. The lowest BCUT2D eigenvalue weighted by atomic mass is 9.79. The molecule has 0 aliphatic carbocycles. The molecule has 29 heavy (non-hydrogen) atoms. The Hall–Kier alpha value is -2.45. The minimum Gasteiger partial charge on any atom is -0.507 e.